The fourth-order valence-electron chi connectivity index (χ4n) is 4.64. The Labute approximate surface area is 173 Å². The van der Waals surface area contributed by atoms with Gasteiger partial charge in [-0.25, -0.2) is 0 Å². The third-order valence-corrected chi connectivity index (χ3v) is 6.16. The van der Waals surface area contributed by atoms with E-state index in [1.54, 1.807) is 0 Å². The molecule has 1 nitrogen and oxygen atoms in total. The molecule has 1 aliphatic heterocycles. The van der Waals surface area contributed by atoms with E-state index in [-0.39, 0.29) is 11.6 Å². The van der Waals surface area contributed by atoms with E-state index in [4.69, 9.17) is 0 Å². The summed E-state index contributed by atoms with van der Waals surface area (Å²) < 4.78 is 0. The van der Waals surface area contributed by atoms with Crippen LogP contribution in [0, 0.1) is 6.92 Å². The van der Waals surface area contributed by atoms with Crippen molar-refractivity contribution in [1.82, 2.24) is 5.32 Å². The molecule has 4 aromatic carbocycles. The molecule has 2 atom stereocenters. The van der Waals surface area contributed by atoms with Gasteiger partial charge in [0.15, 0.2) is 0 Å². The van der Waals surface area contributed by atoms with Crippen molar-refractivity contribution in [1.29, 1.82) is 0 Å². The minimum absolute atomic E-state index is 0.141. The second kappa shape index (κ2) is 7.35. The van der Waals surface area contributed by atoms with Crippen molar-refractivity contribution in [3.8, 4) is 0 Å². The van der Waals surface area contributed by atoms with Crippen LogP contribution in [0.1, 0.15) is 39.4 Å². The molecule has 1 heteroatoms. The number of rotatable bonds is 3. The average Bonchev–Trinajstić information content (AvgIpc) is 2.80. The van der Waals surface area contributed by atoms with Gasteiger partial charge in [-0.3, -0.25) is 5.32 Å². The Kier molecular flexibility index (Phi) is 4.54. The Hall–Kier alpha value is -3.16. The average molecular weight is 376 g/mol. The Morgan fingerprint density at radius 1 is 0.655 bits per heavy atom. The van der Waals surface area contributed by atoms with Crippen molar-refractivity contribution in [3.05, 3.63) is 143 Å². The SMILES string of the molecule is Cc1ccc([C@]2(c3ccccc3)Cc3ccccc3[C@@H](c3ccccc3)N2)cc1. The monoisotopic (exact) mass is 375 g/mol. The Morgan fingerprint density at radius 3 is 1.97 bits per heavy atom. The molecule has 0 bridgehead atoms. The van der Waals surface area contributed by atoms with Crippen molar-refractivity contribution in [2.75, 3.05) is 0 Å². The molecule has 5 rings (SSSR count). The van der Waals surface area contributed by atoms with Crippen LogP contribution in [-0.4, -0.2) is 0 Å². The first-order valence-corrected chi connectivity index (χ1v) is 10.3. The minimum atomic E-state index is -0.274. The predicted octanol–water partition coefficient (Wildman–Crippen LogP) is 6.17. The largest absolute Gasteiger partial charge is 0.293 e. The minimum Gasteiger partial charge on any atom is -0.293 e. The second-order valence-corrected chi connectivity index (χ2v) is 8.00. The number of hydrogen-bond acceptors (Lipinski definition) is 1. The molecular formula is C28H25N. The predicted molar refractivity (Wildman–Crippen MR) is 120 cm³/mol. The Bertz CT molecular complexity index is 1100. The van der Waals surface area contributed by atoms with Crippen LogP contribution in [0.15, 0.2) is 109 Å². The number of nitrogens with one attached hydrogen (secondary N) is 1. The standard InChI is InChI=1S/C28H25N/c1-21-16-18-25(19-17-21)28(24-13-6-3-7-14-24)20-23-12-8-9-15-26(23)27(29-28)22-10-4-2-5-11-22/h2-19,27,29H,20H2,1H3/t27-,28-/m1/s1. The first-order valence-electron chi connectivity index (χ1n) is 10.3. The zero-order chi connectivity index (χ0) is 19.7. The van der Waals surface area contributed by atoms with Gasteiger partial charge in [0, 0.05) is 0 Å². The molecule has 0 unspecified atom stereocenters. The topological polar surface area (TPSA) is 12.0 Å². The van der Waals surface area contributed by atoms with E-state index < -0.39 is 0 Å². The molecule has 0 saturated heterocycles. The van der Waals surface area contributed by atoms with Crippen molar-refractivity contribution < 1.29 is 0 Å². The summed E-state index contributed by atoms with van der Waals surface area (Å²) in [4.78, 5) is 0. The van der Waals surface area contributed by atoms with E-state index >= 15 is 0 Å². The van der Waals surface area contributed by atoms with Gasteiger partial charge in [0.05, 0.1) is 11.6 Å². The quantitative estimate of drug-likeness (QED) is 0.451. The molecule has 29 heavy (non-hydrogen) atoms. The molecule has 0 saturated carbocycles. The van der Waals surface area contributed by atoms with E-state index in [9.17, 15) is 0 Å². The molecule has 1 N–H and O–H groups in total. The molecule has 0 fully saturated rings. The molecule has 0 aromatic heterocycles. The lowest BCUT2D eigenvalue weighted by Crippen LogP contribution is -2.50. The maximum absolute atomic E-state index is 4.09. The van der Waals surface area contributed by atoms with Crippen LogP contribution in [0.2, 0.25) is 0 Å². The third-order valence-electron chi connectivity index (χ3n) is 6.16. The summed E-state index contributed by atoms with van der Waals surface area (Å²) in [5.41, 5.74) is 7.70. The number of benzene rings is 4. The van der Waals surface area contributed by atoms with E-state index in [2.05, 4.69) is 121 Å². The van der Waals surface area contributed by atoms with Crippen LogP contribution in [0.25, 0.3) is 0 Å². The van der Waals surface area contributed by atoms with Gasteiger partial charge in [-0.05, 0) is 41.2 Å². The molecule has 142 valence electrons. The van der Waals surface area contributed by atoms with Crippen LogP contribution >= 0.6 is 0 Å². The molecule has 0 amide bonds. The molecule has 0 radical (unpaired) electrons. The molecule has 0 aliphatic carbocycles. The van der Waals surface area contributed by atoms with E-state index in [0.717, 1.165) is 6.42 Å². The highest BCUT2D eigenvalue weighted by molar-refractivity contribution is 5.49. The van der Waals surface area contributed by atoms with Gasteiger partial charge in [-0.2, -0.15) is 0 Å². The fraction of sp³-hybridized carbons (Fsp3) is 0.143. The van der Waals surface area contributed by atoms with Crippen molar-refractivity contribution >= 4 is 0 Å². The highest BCUT2D eigenvalue weighted by atomic mass is 15.0. The smallest absolute Gasteiger partial charge is 0.0738 e. The van der Waals surface area contributed by atoms with Crippen molar-refractivity contribution in [2.45, 2.75) is 24.9 Å². The first-order chi connectivity index (χ1) is 14.3. The van der Waals surface area contributed by atoms with Crippen molar-refractivity contribution in [3.63, 3.8) is 0 Å². The summed E-state index contributed by atoms with van der Waals surface area (Å²) in [5, 5.41) is 4.09. The normalized spacial score (nSPS) is 20.8. The summed E-state index contributed by atoms with van der Waals surface area (Å²) in [7, 11) is 0. The van der Waals surface area contributed by atoms with Crippen LogP contribution in [0.4, 0.5) is 0 Å². The van der Waals surface area contributed by atoms with Crippen LogP contribution < -0.4 is 5.32 Å². The lowest BCUT2D eigenvalue weighted by Gasteiger charge is -2.45. The van der Waals surface area contributed by atoms with Crippen LogP contribution in [-0.2, 0) is 12.0 Å². The molecule has 1 aliphatic rings. The summed E-state index contributed by atoms with van der Waals surface area (Å²) >= 11 is 0. The number of hydrogen-bond donors (Lipinski definition) is 1. The van der Waals surface area contributed by atoms with Gasteiger partial charge in [-0.15, -0.1) is 0 Å². The second-order valence-electron chi connectivity index (χ2n) is 8.00. The highest BCUT2D eigenvalue weighted by Gasteiger charge is 2.41. The van der Waals surface area contributed by atoms with Gasteiger partial charge in [0.1, 0.15) is 0 Å². The van der Waals surface area contributed by atoms with Gasteiger partial charge in [0.25, 0.3) is 0 Å². The van der Waals surface area contributed by atoms with Gasteiger partial charge in [0.2, 0.25) is 0 Å². The zero-order valence-electron chi connectivity index (χ0n) is 16.7. The van der Waals surface area contributed by atoms with Gasteiger partial charge >= 0.3 is 0 Å². The van der Waals surface area contributed by atoms with Crippen LogP contribution in [0.5, 0.6) is 0 Å². The lowest BCUT2D eigenvalue weighted by atomic mass is 9.72. The lowest BCUT2D eigenvalue weighted by molar-refractivity contribution is 0.341. The Morgan fingerprint density at radius 2 is 1.24 bits per heavy atom. The van der Waals surface area contributed by atoms with E-state index in [1.165, 1.54) is 33.4 Å². The van der Waals surface area contributed by atoms with E-state index in [1.807, 2.05) is 0 Å². The van der Waals surface area contributed by atoms with Crippen LogP contribution in [0.3, 0.4) is 0 Å². The highest BCUT2D eigenvalue weighted by Crippen LogP contribution is 2.43. The summed E-state index contributed by atoms with van der Waals surface area (Å²) in [6.07, 6.45) is 0.930. The van der Waals surface area contributed by atoms with Gasteiger partial charge in [-0.1, -0.05) is 115 Å². The summed E-state index contributed by atoms with van der Waals surface area (Å²) in [5.74, 6) is 0. The van der Waals surface area contributed by atoms with Crippen molar-refractivity contribution in [2.24, 2.45) is 0 Å². The third kappa shape index (κ3) is 3.18. The molecule has 4 aromatic rings. The zero-order valence-corrected chi connectivity index (χ0v) is 16.7. The molecular weight excluding hydrogens is 350 g/mol. The number of fused-ring (bicyclic) bond motifs is 1. The maximum Gasteiger partial charge on any atom is 0.0738 e. The molecule has 0 spiro atoms. The molecule has 1 heterocycles. The van der Waals surface area contributed by atoms with Gasteiger partial charge < -0.3 is 0 Å². The summed E-state index contributed by atoms with van der Waals surface area (Å²) in [6.45, 7) is 2.15. The van der Waals surface area contributed by atoms with E-state index in [0.29, 0.717) is 0 Å². The fourth-order valence-corrected chi connectivity index (χ4v) is 4.64. The Balaban J connectivity index is 1.74. The first kappa shape index (κ1) is 17.9. The number of aryl methyl sites for hydroxylation is 1. The summed E-state index contributed by atoms with van der Waals surface area (Å²) in [6, 6.07) is 39.7. The maximum atomic E-state index is 4.09.